The molecule has 3 nitrogen and oxygen atoms in total. The van der Waals surface area contributed by atoms with E-state index >= 15 is 0 Å². The number of amidine groups is 1. The molecular formula is C24H29N3. The Bertz CT molecular complexity index is 859. The molecule has 0 aliphatic carbocycles. The standard InChI is InChI=1S/C24H29N3/c1-23(2,3)18-17-21-26(24(4,5)6)22(19-13-9-7-10-14-19)25-27(21)20-15-11-8-12-16-20/h7-16,21H,1-6H3/t21-/m0/s1. The largest absolute Gasteiger partial charge is 0.317 e. The summed E-state index contributed by atoms with van der Waals surface area (Å²) in [6.07, 6.45) is -0.151. The Morgan fingerprint density at radius 2 is 1.37 bits per heavy atom. The zero-order valence-electron chi connectivity index (χ0n) is 17.2. The van der Waals surface area contributed by atoms with Crippen LogP contribution in [-0.4, -0.2) is 22.4 Å². The van der Waals surface area contributed by atoms with E-state index in [9.17, 15) is 0 Å². The van der Waals surface area contributed by atoms with Crippen LogP contribution >= 0.6 is 0 Å². The van der Waals surface area contributed by atoms with Gasteiger partial charge in [0.05, 0.1) is 5.69 Å². The van der Waals surface area contributed by atoms with E-state index in [4.69, 9.17) is 5.10 Å². The van der Waals surface area contributed by atoms with Crippen molar-refractivity contribution in [3.8, 4) is 11.8 Å². The first-order valence-electron chi connectivity index (χ1n) is 9.47. The summed E-state index contributed by atoms with van der Waals surface area (Å²) in [6, 6.07) is 20.7. The zero-order valence-corrected chi connectivity index (χ0v) is 17.2. The fourth-order valence-electron chi connectivity index (χ4n) is 3.09. The first-order valence-corrected chi connectivity index (χ1v) is 9.47. The van der Waals surface area contributed by atoms with E-state index < -0.39 is 0 Å². The molecular weight excluding hydrogens is 330 g/mol. The molecule has 2 aromatic carbocycles. The fraction of sp³-hybridized carbons (Fsp3) is 0.375. The summed E-state index contributed by atoms with van der Waals surface area (Å²) in [4.78, 5) is 2.33. The third-order valence-electron chi connectivity index (χ3n) is 4.26. The zero-order chi connectivity index (χ0) is 19.7. The van der Waals surface area contributed by atoms with Gasteiger partial charge in [-0.3, -0.25) is 0 Å². The van der Waals surface area contributed by atoms with Gasteiger partial charge in [-0.05, 0) is 53.7 Å². The summed E-state index contributed by atoms with van der Waals surface area (Å²) in [5, 5.41) is 7.08. The topological polar surface area (TPSA) is 18.8 Å². The number of hydrogen-bond donors (Lipinski definition) is 0. The van der Waals surface area contributed by atoms with E-state index in [0.29, 0.717) is 0 Å². The van der Waals surface area contributed by atoms with Crippen molar-refractivity contribution in [3.63, 3.8) is 0 Å². The Labute approximate surface area is 163 Å². The monoisotopic (exact) mass is 359 g/mol. The lowest BCUT2D eigenvalue weighted by atomic mass is 9.97. The SMILES string of the molecule is CC(C)(C)C#C[C@@H]1N(c2ccccc2)N=C(c2ccccc2)N1C(C)(C)C. The Balaban J connectivity index is 2.16. The lowest BCUT2D eigenvalue weighted by Crippen LogP contribution is -2.52. The van der Waals surface area contributed by atoms with Gasteiger partial charge in [-0.25, -0.2) is 5.01 Å². The number of rotatable bonds is 2. The summed E-state index contributed by atoms with van der Waals surface area (Å²) in [6.45, 7) is 13.1. The molecule has 3 rings (SSSR count). The van der Waals surface area contributed by atoms with E-state index in [1.54, 1.807) is 0 Å². The van der Waals surface area contributed by atoms with Gasteiger partial charge in [-0.1, -0.05) is 60.4 Å². The number of nitrogens with zero attached hydrogens (tertiary/aromatic N) is 3. The molecule has 27 heavy (non-hydrogen) atoms. The van der Waals surface area contributed by atoms with Crippen molar-refractivity contribution in [1.29, 1.82) is 0 Å². The maximum Gasteiger partial charge on any atom is 0.188 e. The fourth-order valence-corrected chi connectivity index (χ4v) is 3.09. The molecule has 0 N–H and O–H groups in total. The Kier molecular flexibility index (Phi) is 5.02. The van der Waals surface area contributed by atoms with Crippen LogP contribution in [0.25, 0.3) is 0 Å². The highest BCUT2D eigenvalue weighted by molar-refractivity contribution is 6.02. The van der Waals surface area contributed by atoms with Crippen molar-refractivity contribution in [2.75, 3.05) is 5.01 Å². The van der Waals surface area contributed by atoms with Crippen molar-refractivity contribution < 1.29 is 0 Å². The molecule has 1 heterocycles. The number of benzene rings is 2. The third-order valence-corrected chi connectivity index (χ3v) is 4.26. The predicted molar refractivity (Wildman–Crippen MR) is 115 cm³/mol. The quantitative estimate of drug-likeness (QED) is 0.674. The molecule has 0 aromatic heterocycles. The molecule has 2 aromatic rings. The number of anilines is 1. The maximum absolute atomic E-state index is 5.03. The van der Waals surface area contributed by atoms with Crippen LogP contribution in [0.4, 0.5) is 5.69 Å². The van der Waals surface area contributed by atoms with Crippen molar-refractivity contribution in [2.24, 2.45) is 10.5 Å². The minimum absolute atomic E-state index is 0.0680. The predicted octanol–water partition coefficient (Wildman–Crippen LogP) is 5.34. The minimum Gasteiger partial charge on any atom is -0.317 e. The molecule has 0 saturated heterocycles. The van der Waals surface area contributed by atoms with Gasteiger partial charge < -0.3 is 4.90 Å². The summed E-state index contributed by atoms with van der Waals surface area (Å²) in [5.41, 5.74) is 1.95. The molecule has 0 amide bonds. The molecule has 3 heteroatoms. The van der Waals surface area contributed by atoms with Crippen LogP contribution in [0.5, 0.6) is 0 Å². The number of para-hydroxylation sites is 1. The summed E-state index contributed by atoms with van der Waals surface area (Å²) in [5.74, 6) is 7.90. The first kappa shape index (κ1) is 19.0. The van der Waals surface area contributed by atoms with Gasteiger partial charge >= 0.3 is 0 Å². The van der Waals surface area contributed by atoms with Crippen molar-refractivity contribution >= 4 is 11.5 Å². The van der Waals surface area contributed by atoms with Crippen LogP contribution in [0.3, 0.4) is 0 Å². The van der Waals surface area contributed by atoms with Gasteiger partial charge in [0.2, 0.25) is 0 Å². The average molecular weight is 360 g/mol. The van der Waals surface area contributed by atoms with E-state index in [2.05, 4.69) is 94.7 Å². The van der Waals surface area contributed by atoms with Gasteiger partial charge in [0, 0.05) is 16.5 Å². The summed E-state index contributed by atoms with van der Waals surface area (Å²) >= 11 is 0. The van der Waals surface area contributed by atoms with Gasteiger partial charge in [0.15, 0.2) is 12.0 Å². The normalized spacial score (nSPS) is 17.4. The van der Waals surface area contributed by atoms with Crippen LogP contribution in [0.1, 0.15) is 47.1 Å². The van der Waals surface area contributed by atoms with E-state index in [1.165, 1.54) is 0 Å². The summed E-state index contributed by atoms with van der Waals surface area (Å²) < 4.78 is 0. The molecule has 0 saturated carbocycles. The third kappa shape index (κ3) is 4.34. The molecule has 0 unspecified atom stereocenters. The molecule has 0 radical (unpaired) electrons. The van der Waals surface area contributed by atoms with Gasteiger partial charge in [-0.15, -0.1) is 0 Å². The lowest BCUT2D eigenvalue weighted by molar-refractivity contribution is 0.220. The van der Waals surface area contributed by atoms with E-state index in [-0.39, 0.29) is 17.1 Å². The Morgan fingerprint density at radius 3 is 1.89 bits per heavy atom. The highest BCUT2D eigenvalue weighted by Gasteiger charge is 2.40. The second kappa shape index (κ2) is 7.12. The van der Waals surface area contributed by atoms with Gasteiger partial charge in [0.25, 0.3) is 0 Å². The first-order chi connectivity index (χ1) is 12.7. The average Bonchev–Trinajstić information content (AvgIpc) is 3.01. The van der Waals surface area contributed by atoms with Crippen LogP contribution in [-0.2, 0) is 0 Å². The molecule has 0 fully saturated rings. The molecule has 0 bridgehead atoms. The molecule has 1 atom stereocenters. The van der Waals surface area contributed by atoms with E-state index in [1.807, 2.05) is 29.3 Å². The molecule has 1 aliphatic rings. The second-order valence-electron chi connectivity index (χ2n) is 8.90. The van der Waals surface area contributed by atoms with E-state index in [0.717, 1.165) is 17.1 Å². The molecule has 140 valence electrons. The van der Waals surface area contributed by atoms with Crippen molar-refractivity contribution in [2.45, 2.75) is 53.2 Å². The Morgan fingerprint density at radius 1 is 0.815 bits per heavy atom. The van der Waals surface area contributed by atoms with Gasteiger partial charge in [0.1, 0.15) is 0 Å². The van der Waals surface area contributed by atoms with Crippen LogP contribution in [0, 0.1) is 17.3 Å². The van der Waals surface area contributed by atoms with Crippen LogP contribution in [0.2, 0.25) is 0 Å². The summed E-state index contributed by atoms with van der Waals surface area (Å²) in [7, 11) is 0. The van der Waals surface area contributed by atoms with Crippen LogP contribution in [0.15, 0.2) is 65.8 Å². The number of hydrazone groups is 1. The van der Waals surface area contributed by atoms with Crippen molar-refractivity contribution in [1.82, 2.24) is 4.90 Å². The highest BCUT2D eigenvalue weighted by atomic mass is 15.6. The lowest BCUT2D eigenvalue weighted by Gasteiger charge is -2.38. The highest BCUT2D eigenvalue weighted by Crippen LogP contribution is 2.32. The minimum atomic E-state index is -0.151. The number of hydrogen-bond acceptors (Lipinski definition) is 3. The maximum atomic E-state index is 5.03. The molecule has 0 spiro atoms. The van der Waals surface area contributed by atoms with Gasteiger partial charge in [-0.2, -0.15) is 5.10 Å². The molecule has 1 aliphatic heterocycles. The smallest absolute Gasteiger partial charge is 0.188 e. The van der Waals surface area contributed by atoms with Crippen LogP contribution < -0.4 is 5.01 Å². The Hall–Kier alpha value is -2.73. The van der Waals surface area contributed by atoms with Crippen molar-refractivity contribution in [3.05, 3.63) is 66.2 Å². The second-order valence-corrected chi connectivity index (χ2v) is 8.90.